The normalized spacial score (nSPS) is 14.3. The fourth-order valence-electron chi connectivity index (χ4n) is 3.34. The van der Waals surface area contributed by atoms with Crippen molar-refractivity contribution >= 4 is 17.8 Å². The van der Waals surface area contributed by atoms with Crippen LogP contribution < -0.4 is 9.47 Å². The topological polar surface area (TPSA) is 65.5 Å². The number of carbonyl (C=O) groups excluding carboxylic acids is 2. The number of hydrogen-bond donors (Lipinski definition) is 0. The van der Waals surface area contributed by atoms with Crippen LogP contribution in [0.3, 0.4) is 0 Å². The number of carbonyl (C=O) groups is 2. The van der Waals surface area contributed by atoms with Crippen LogP contribution in [-0.4, -0.2) is 16.7 Å². The van der Waals surface area contributed by atoms with Gasteiger partial charge in [0, 0.05) is 17.8 Å². The standard InChI is InChI=1S/C26H23NO4/c1-16-21(31-25(29)17-8-10-18(11-9-17)26(2,3)4)13-12-20-23(28)22(30-24(16)20)15-19-7-5-6-14-27-19/h5-15H,1-4H3/b22-15-. The van der Waals surface area contributed by atoms with Crippen LogP contribution >= 0.6 is 0 Å². The van der Waals surface area contributed by atoms with Crippen LogP contribution in [0, 0.1) is 6.92 Å². The van der Waals surface area contributed by atoms with Crippen LogP contribution in [0.25, 0.3) is 6.08 Å². The highest BCUT2D eigenvalue weighted by Crippen LogP contribution is 2.39. The molecular weight excluding hydrogens is 390 g/mol. The molecule has 0 saturated heterocycles. The summed E-state index contributed by atoms with van der Waals surface area (Å²) in [6.07, 6.45) is 3.25. The van der Waals surface area contributed by atoms with Crippen molar-refractivity contribution in [2.45, 2.75) is 33.1 Å². The summed E-state index contributed by atoms with van der Waals surface area (Å²) in [6.45, 7) is 8.12. The Balaban J connectivity index is 1.56. The Bertz CT molecular complexity index is 1190. The number of ketones is 1. The minimum atomic E-state index is -0.461. The zero-order chi connectivity index (χ0) is 22.2. The number of nitrogens with zero attached hydrogens (tertiary/aromatic N) is 1. The van der Waals surface area contributed by atoms with E-state index in [4.69, 9.17) is 9.47 Å². The van der Waals surface area contributed by atoms with Crippen LogP contribution in [0.1, 0.15) is 58.3 Å². The summed E-state index contributed by atoms with van der Waals surface area (Å²) in [4.78, 5) is 29.5. The predicted molar refractivity (Wildman–Crippen MR) is 118 cm³/mol. The lowest BCUT2D eigenvalue weighted by Crippen LogP contribution is -2.13. The summed E-state index contributed by atoms with van der Waals surface area (Å²) in [5, 5.41) is 0. The van der Waals surface area contributed by atoms with Gasteiger partial charge in [0.1, 0.15) is 11.5 Å². The largest absolute Gasteiger partial charge is 0.452 e. The Morgan fingerprint density at radius 2 is 1.77 bits per heavy atom. The Morgan fingerprint density at radius 3 is 2.42 bits per heavy atom. The summed E-state index contributed by atoms with van der Waals surface area (Å²) < 4.78 is 11.4. The number of Topliss-reactive ketones (excluding diaryl/α,β-unsaturated/α-hetero) is 1. The maximum absolute atomic E-state index is 12.7. The number of hydrogen-bond acceptors (Lipinski definition) is 5. The Morgan fingerprint density at radius 1 is 1.03 bits per heavy atom. The molecule has 1 aromatic heterocycles. The van der Waals surface area contributed by atoms with Crippen molar-refractivity contribution in [1.82, 2.24) is 4.98 Å². The van der Waals surface area contributed by atoms with E-state index in [1.165, 1.54) is 0 Å². The van der Waals surface area contributed by atoms with Gasteiger partial charge in [-0.1, -0.05) is 39.0 Å². The minimum absolute atomic E-state index is 0.00335. The first-order valence-electron chi connectivity index (χ1n) is 10.1. The summed E-state index contributed by atoms with van der Waals surface area (Å²) in [5.41, 5.74) is 3.26. The van der Waals surface area contributed by atoms with Gasteiger partial charge < -0.3 is 9.47 Å². The average Bonchev–Trinajstić information content (AvgIpc) is 3.06. The maximum atomic E-state index is 12.7. The highest BCUT2D eigenvalue weighted by atomic mass is 16.5. The SMILES string of the molecule is Cc1c(OC(=O)c2ccc(C(C)(C)C)cc2)ccc2c1O/C(=C\c1ccccn1)C2=O. The molecule has 1 aliphatic rings. The molecule has 0 atom stereocenters. The fraction of sp³-hybridized carbons (Fsp3) is 0.192. The van der Waals surface area contributed by atoms with Crippen LogP contribution in [-0.2, 0) is 5.41 Å². The van der Waals surface area contributed by atoms with E-state index in [1.54, 1.807) is 55.6 Å². The fourth-order valence-corrected chi connectivity index (χ4v) is 3.34. The van der Waals surface area contributed by atoms with E-state index in [-0.39, 0.29) is 17.0 Å². The molecule has 0 radical (unpaired) electrons. The van der Waals surface area contributed by atoms with E-state index in [9.17, 15) is 9.59 Å². The summed E-state index contributed by atoms with van der Waals surface area (Å²) in [7, 11) is 0. The molecule has 0 amide bonds. The third kappa shape index (κ3) is 4.12. The van der Waals surface area contributed by atoms with E-state index < -0.39 is 5.97 Å². The highest BCUT2D eigenvalue weighted by molar-refractivity contribution is 6.14. The zero-order valence-corrected chi connectivity index (χ0v) is 17.9. The first kappa shape index (κ1) is 20.5. The third-order valence-electron chi connectivity index (χ3n) is 5.19. The molecule has 0 bridgehead atoms. The molecule has 5 nitrogen and oxygen atoms in total. The molecule has 3 aromatic rings. The monoisotopic (exact) mass is 413 g/mol. The molecule has 2 heterocycles. The van der Waals surface area contributed by atoms with Crippen LogP contribution in [0.4, 0.5) is 0 Å². The number of benzene rings is 2. The summed E-state index contributed by atoms with van der Waals surface area (Å²) in [5.74, 6) is 0.269. The van der Waals surface area contributed by atoms with E-state index >= 15 is 0 Å². The van der Waals surface area contributed by atoms with Crippen molar-refractivity contribution < 1.29 is 19.1 Å². The van der Waals surface area contributed by atoms with Gasteiger partial charge in [-0.25, -0.2) is 4.79 Å². The Labute approximate surface area is 181 Å². The number of rotatable bonds is 3. The second-order valence-corrected chi connectivity index (χ2v) is 8.48. The van der Waals surface area contributed by atoms with E-state index in [0.29, 0.717) is 33.9 Å². The van der Waals surface area contributed by atoms with Gasteiger partial charge in [0.05, 0.1) is 16.8 Å². The first-order chi connectivity index (χ1) is 14.7. The van der Waals surface area contributed by atoms with Gasteiger partial charge in [0.25, 0.3) is 0 Å². The van der Waals surface area contributed by atoms with Crippen LogP contribution in [0.5, 0.6) is 11.5 Å². The van der Waals surface area contributed by atoms with E-state index in [1.807, 2.05) is 18.2 Å². The number of esters is 1. The molecule has 0 fully saturated rings. The maximum Gasteiger partial charge on any atom is 0.343 e. The molecule has 0 aliphatic carbocycles. The van der Waals surface area contributed by atoms with Crippen molar-refractivity contribution in [1.29, 1.82) is 0 Å². The van der Waals surface area contributed by atoms with Gasteiger partial charge in [-0.05, 0) is 54.3 Å². The van der Waals surface area contributed by atoms with Crippen LogP contribution in [0.15, 0.2) is 66.6 Å². The van der Waals surface area contributed by atoms with Crippen molar-refractivity contribution in [3.8, 4) is 11.5 Å². The van der Waals surface area contributed by atoms with Crippen molar-refractivity contribution in [2.24, 2.45) is 0 Å². The Kier molecular flexibility index (Phi) is 5.19. The lowest BCUT2D eigenvalue weighted by molar-refractivity contribution is 0.0733. The van der Waals surface area contributed by atoms with E-state index in [0.717, 1.165) is 5.56 Å². The molecule has 31 heavy (non-hydrogen) atoms. The highest BCUT2D eigenvalue weighted by Gasteiger charge is 2.30. The molecule has 4 rings (SSSR count). The molecule has 156 valence electrons. The van der Waals surface area contributed by atoms with E-state index in [2.05, 4.69) is 25.8 Å². The lowest BCUT2D eigenvalue weighted by Gasteiger charge is -2.19. The van der Waals surface area contributed by atoms with Crippen molar-refractivity contribution in [3.63, 3.8) is 0 Å². The van der Waals surface area contributed by atoms with Gasteiger partial charge in [-0.2, -0.15) is 0 Å². The van der Waals surface area contributed by atoms with Crippen LogP contribution in [0.2, 0.25) is 0 Å². The third-order valence-corrected chi connectivity index (χ3v) is 5.19. The molecule has 5 heteroatoms. The second kappa shape index (κ2) is 7.84. The molecule has 0 N–H and O–H groups in total. The molecule has 1 aliphatic heterocycles. The van der Waals surface area contributed by atoms with Gasteiger partial charge in [-0.15, -0.1) is 0 Å². The van der Waals surface area contributed by atoms with Crippen molar-refractivity contribution in [2.75, 3.05) is 0 Å². The average molecular weight is 413 g/mol. The van der Waals surface area contributed by atoms with Gasteiger partial charge in [0.2, 0.25) is 5.78 Å². The smallest absolute Gasteiger partial charge is 0.343 e. The molecule has 0 saturated carbocycles. The summed E-state index contributed by atoms with van der Waals surface area (Å²) in [6, 6.07) is 16.1. The predicted octanol–water partition coefficient (Wildman–Crippen LogP) is 5.52. The molecule has 2 aromatic carbocycles. The van der Waals surface area contributed by atoms with Gasteiger partial charge in [0.15, 0.2) is 5.76 Å². The molecular formula is C26H23NO4. The quantitative estimate of drug-likeness (QED) is 0.321. The number of aromatic nitrogens is 1. The Hall–Kier alpha value is -3.73. The number of pyridine rings is 1. The minimum Gasteiger partial charge on any atom is -0.452 e. The van der Waals surface area contributed by atoms with Gasteiger partial charge in [-0.3, -0.25) is 9.78 Å². The summed E-state index contributed by atoms with van der Waals surface area (Å²) >= 11 is 0. The lowest BCUT2D eigenvalue weighted by atomic mass is 9.87. The number of allylic oxidation sites excluding steroid dienone is 1. The second-order valence-electron chi connectivity index (χ2n) is 8.48. The van der Waals surface area contributed by atoms with Crippen molar-refractivity contribution in [3.05, 3.63) is 94.5 Å². The molecule has 0 spiro atoms. The van der Waals surface area contributed by atoms with Gasteiger partial charge >= 0.3 is 5.97 Å². The first-order valence-corrected chi connectivity index (χ1v) is 10.1. The number of fused-ring (bicyclic) bond motifs is 1. The zero-order valence-electron chi connectivity index (χ0n) is 17.9. The molecule has 0 unspecified atom stereocenters. The number of ether oxygens (including phenoxy) is 2.